The van der Waals surface area contributed by atoms with Crippen molar-refractivity contribution in [1.82, 2.24) is 0 Å². The maximum absolute atomic E-state index is 12.7. The van der Waals surface area contributed by atoms with Gasteiger partial charge in [-0.15, -0.1) is 0 Å². The second-order valence-electron chi connectivity index (χ2n) is 5.67. The molecule has 2 aromatic rings. The van der Waals surface area contributed by atoms with Crippen LogP contribution in [0.15, 0.2) is 54.6 Å². The van der Waals surface area contributed by atoms with E-state index in [1.165, 1.54) is 12.1 Å². The Morgan fingerprint density at radius 1 is 1.08 bits per heavy atom. The fraction of sp³-hybridized carbons (Fsp3) is 0.316. The van der Waals surface area contributed by atoms with E-state index < -0.39 is 6.61 Å². The number of nitrogens with one attached hydrogen (secondary N) is 1. The summed E-state index contributed by atoms with van der Waals surface area (Å²) in [7, 11) is 0. The largest absolute Gasteiger partial charge is 0.435 e. The zero-order valence-electron chi connectivity index (χ0n) is 13.7. The molecule has 1 N–H and O–H groups in total. The smallest absolute Gasteiger partial charge is 0.387 e. The van der Waals surface area contributed by atoms with E-state index >= 15 is 0 Å². The lowest BCUT2D eigenvalue weighted by Gasteiger charge is -2.23. The Morgan fingerprint density at radius 3 is 2.25 bits per heavy atom. The number of carbonyl (C=O) groups is 1. The van der Waals surface area contributed by atoms with Crippen LogP contribution in [0.25, 0.3) is 0 Å². The third-order valence-electron chi connectivity index (χ3n) is 4.00. The Labute approximate surface area is 140 Å². The third kappa shape index (κ3) is 4.78. The van der Waals surface area contributed by atoms with Crippen LogP contribution in [0.5, 0.6) is 5.75 Å². The molecule has 24 heavy (non-hydrogen) atoms. The molecule has 0 bridgehead atoms. The summed E-state index contributed by atoms with van der Waals surface area (Å²) in [6.45, 7) is 1.22. The Bertz CT molecular complexity index is 644. The van der Waals surface area contributed by atoms with Gasteiger partial charge in [-0.05, 0) is 35.7 Å². The van der Waals surface area contributed by atoms with Crippen molar-refractivity contribution in [3.05, 3.63) is 60.2 Å². The SMILES string of the molecule is CC[C@H](C)[C@@H](C(=O)Nc1ccc(OC(F)F)cc1)c1ccccc1. The lowest BCUT2D eigenvalue weighted by atomic mass is 9.85. The number of hydrogen-bond donors (Lipinski definition) is 1. The molecule has 0 saturated heterocycles. The zero-order chi connectivity index (χ0) is 17.5. The summed E-state index contributed by atoms with van der Waals surface area (Å²) in [6.07, 6.45) is 0.869. The van der Waals surface area contributed by atoms with Crippen molar-refractivity contribution in [2.24, 2.45) is 5.92 Å². The van der Waals surface area contributed by atoms with Gasteiger partial charge < -0.3 is 10.1 Å². The van der Waals surface area contributed by atoms with Crippen LogP contribution in [-0.4, -0.2) is 12.5 Å². The van der Waals surface area contributed by atoms with Gasteiger partial charge in [-0.3, -0.25) is 4.79 Å². The van der Waals surface area contributed by atoms with Gasteiger partial charge in [0.05, 0.1) is 5.92 Å². The summed E-state index contributed by atoms with van der Waals surface area (Å²) in [6, 6.07) is 15.5. The highest BCUT2D eigenvalue weighted by atomic mass is 19.3. The monoisotopic (exact) mass is 333 g/mol. The lowest BCUT2D eigenvalue weighted by Crippen LogP contribution is -2.26. The summed E-state index contributed by atoms with van der Waals surface area (Å²) in [4.78, 5) is 12.7. The first-order valence-electron chi connectivity index (χ1n) is 7.92. The van der Waals surface area contributed by atoms with Crippen LogP contribution in [0.4, 0.5) is 14.5 Å². The maximum atomic E-state index is 12.7. The summed E-state index contributed by atoms with van der Waals surface area (Å²) in [5.74, 6) is -0.148. The molecule has 0 aliphatic rings. The van der Waals surface area contributed by atoms with E-state index in [4.69, 9.17) is 0 Å². The average Bonchev–Trinajstić information content (AvgIpc) is 2.57. The van der Waals surface area contributed by atoms with Gasteiger partial charge in [0, 0.05) is 5.69 Å². The molecule has 0 spiro atoms. The maximum Gasteiger partial charge on any atom is 0.387 e. The number of amides is 1. The number of anilines is 1. The highest BCUT2D eigenvalue weighted by molar-refractivity contribution is 5.96. The molecule has 0 heterocycles. The predicted molar refractivity (Wildman–Crippen MR) is 90.3 cm³/mol. The van der Waals surface area contributed by atoms with Gasteiger partial charge in [0.2, 0.25) is 5.91 Å². The van der Waals surface area contributed by atoms with Crippen molar-refractivity contribution in [2.75, 3.05) is 5.32 Å². The second-order valence-corrected chi connectivity index (χ2v) is 5.67. The first-order chi connectivity index (χ1) is 11.5. The first-order valence-corrected chi connectivity index (χ1v) is 7.92. The number of rotatable bonds is 7. The average molecular weight is 333 g/mol. The molecule has 1 amide bonds. The van der Waals surface area contributed by atoms with E-state index in [2.05, 4.69) is 10.1 Å². The van der Waals surface area contributed by atoms with Crippen LogP contribution >= 0.6 is 0 Å². The minimum atomic E-state index is -2.86. The number of benzene rings is 2. The normalized spacial score (nSPS) is 13.4. The summed E-state index contributed by atoms with van der Waals surface area (Å²) in [5.41, 5.74) is 1.51. The van der Waals surface area contributed by atoms with Gasteiger partial charge in [0.15, 0.2) is 0 Å². The third-order valence-corrected chi connectivity index (χ3v) is 4.00. The topological polar surface area (TPSA) is 38.3 Å². The van der Waals surface area contributed by atoms with Crippen LogP contribution in [0.2, 0.25) is 0 Å². The van der Waals surface area contributed by atoms with Crippen LogP contribution < -0.4 is 10.1 Å². The van der Waals surface area contributed by atoms with Crippen molar-refractivity contribution in [1.29, 1.82) is 0 Å². The Balaban J connectivity index is 2.13. The standard InChI is InChI=1S/C19H21F2NO2/c1-3-13(2)17(14-7-5-4-6-8-14)18(23)22-15-9-11-16(12-10-15)24-19(20)21/h4-13,17,19H,3H2,1-2H3,(H,22,23)/t13-,17+/m0/s1. The molecule has 128 valence electrons. The molecule has 0 aliphatic carbocycles. The van der Waals surface area contributed by atoms with E-state index in [1.54, 1.807) is 12.1 Å². The molecule has 5 heteroatoms. The molecule has 0 aliphatic heterocycles. The van der Waals surface area contributed by atoms with E-state index in [9.17, 15) is 13.6 Å². The lowest BCUT2D eigenvalue weighted by molar-refractivity contribution is -0.118. The number of halogens is 2. The molecular formula is C19H21F2NO2. The molecule has 0 fully saturated rings. The highest BCUT2D eigenvalue weighted by Crippen LogP contribution is 2.29. The molecule has 2 rings (SSSR count). The number of carbonyl (C=O) groups excluding carboxylic acids is 1. The van der Waals surface area contributed by atoms with Crippen LogP contribution in [-0.2, 0) is 4.79 Å². The number of hydrogen-bond acceptors (Lipinski definition) is 2. The quantitative estimate of drug-likeness (QED) is 0.769. The molecular weight excluding hydrogens is 312 g/mol. The Morgan fingerprint density at radius 2 is 1.71 bits per heavy atom. The minimum Gasteiger partial charge on any atom is -0.435 e. The molecule has 2 aromatic carbocycles. The fourth-order valence-corrected chi connectivity index (χ4v) is 2.57. The molecule has 3 nitrogen and oxygen atoms in total. The zero-order valence-corrected chi connectivity index (χ0v) is 13.7. The van der Waals surface area contributed by atoms with Crippen molar-refractivity contribution in [3.63, 3.8) is 0 Å². The summed E-state index contributed by atoms with van der Waals surface area (Å²) in [5, 5.41) is 2.85. The van der Waals surface area contributed by atoms with Gasteiger partial charge in [-0.25, -0.2) is 0 Å². The number of alkyl halides is 2. The molecule has 2 atom stereocenters. The minimum absolute atomic E-state index is 0.0598. The second kappa shape index (κ2) is 8.43. The molecule has 0 saturated carbocycles. The van der Waals surface area contributed by atoms with E-state index in [0.717, 1.165) is 12.0 Å². The van der Waals surface area contributed by atoms with Gasteiger partial charge in [-0.2, -0.15) is 8.78 Å². The van der Waals surface area contributed by atoms with Crippen LogP contribution in [0.1, 0.15) is 31.7 Å². The Hall–Kier alpha value is -2.43. The van der Waals surface area contributed by atoms with E-state index in [-0.39, 0.29) is 23.5 Å². The Kier molecular flexibility index (Phi) is 6.29. The van der Waals surface area contributed by atoms with Crippen molar-refractivity contribution in [3.8, 4) is 5.75 Å². The van der Waals surface area contributed by atoms with Crippen molar-refractivity contribution in [2.45, 2.75) is 32.8 Å². The highest BCUT2D eigenvalue weighted by Gasteiger charge is 2.25. The van der Waals surface area contributed by atoms with Gasteiger partial charge in [-0.1, -0.05) is 50.6 Å². The fourth-order valence-electron chi connectivity index (χ4n) is 2.57. The van der Waals surface area contributed by atoms with E-state index in [1.807, 2.05) is 44.2 Å². The van der Waals surface area contributed by atoms with Gasteiger partial charge in [0.25, 0.3) is 0 Å². The van der Waals surface area contributed by atoms with Gasteiger partial charge >= 0.3 is 6.61 Å². The molecule has 0 aromatic heterocycles. The first kappa shape index (κ1) is 17.9. The molecule has 0 radical (unpaired) electrons. The van der Waals surface area contributed by atoms with Gasteiger partial charge in [0.1, 0.15) is 5.75 Å². The van der Waals surface area contributed by atoms with Crippen molar-refractivity contribution >= 4 is 11.6 Å². The summed E-state index contributed by atoms with van der Waals surface area (Å²) < 4.78 is 28.6. The van der Waals surface area contributed by atoms with Crippen LogP contribution in [0, 0.1) is 5.92 Å². The predicted octanol–water partition coefficient (Wildman–Crippen LogP) is 5.06. The summed E-state index contributed by atoms with van der Waals surface area (Å²) >= 11 is 0. The molecule has 0 unspecified atom stereocenters. The van der Waals surface area contributed by atoms with E-state index in [0.29, 0.717) is 5.69 Å². The van der Waals surface area contributed by atoms with Crippen LogP contribution in [0.3, 0.4) is 0 Å². The van der Waals surface area contributed by atoms with Crippen molar-refractivity contribution < 1.29 is 18.3 Å². The number of ether oxygens (including phenoxy) is 1.